The zero-order chi connectivity index (χ0) is 18.1. The SMILES string of the molecule is COCCOc1ccccc1C(=O)NCCS(=O)(=O)c1ccccc1. The molecule has 7 heteroatoms. The van der Waals surface area contributed by atoms with Crippen molar-refractivity contribution in [3.63, 3.8) is 0 Å². The normalized spacial score (nSPS) is 11.1. The zero-order valence-electron chi connectivity index (χ0n) is 14.0. The van der Waals surface area contributed by atoms with Crippen LogP contribution in [-0.4, -0.2) is 46.9 Å². The number of hydrogen-bond donors (Lipinski definition) is 1. The van der Waals surface area contributed by atoms with E-state index in [1.165, 1.54) is 12.1 Å². The van der Waals surface area contributed by atoms with E-state index in [1.54, 1.807) is 49.6 Å². The van der Waals surface area contributed by atoms with Gasteiger partial charge in [0.15, 0.2) is 9.84 Å². The summed E-state index contributed by atoms with van der Waals surface area (Å²) in [5.41, 5.74) is 0.357. The summed E-state index contributed by atoms with van der Waals surface area (Å²) in [5.74, 6) is -0.116. The van der Waals surface area contributed by atoms with Crippen molar-refractivity contribution in [1.29, 1.82) is 0 Å². The Kier molecular flexibility index (Phi) is 6.97. The van der Waals surface area contributed by atoms with Crippen molar-refractivity contribution in [3.05, 3.63) is 60.2 Å². The summed E-state index contributed by atoms with van der Waals surface area (Å²) in [5, 5.41) is 2.63. The molecule has 1 N–H and O–H groups in total. The fourth-order valence-corrected chi connectivity index (χ4v) is 3.33. The van der Waals surface area contributed by atoms with E-state index in [0.29, 0.717) is 24.5 Å². The van der Waals surface area contributed by atoms with Crippen molar-refractivity contribution in [2.75, 3.05) is 32.6 Å². The van der Waals surface area contributed by atoms with Crippen molar-refractivity contribution in [2.24, 2.45) is 0 Å². The van der Waals surface area contributed by atoms with Gasteiger partial charge in [0.05, 0.1) is 22.8 Å². The molecule has 2 aromatic rings. The molecule has 2 rings (SSSR count). The van der Waals surface area contributed by atoms with Crippen LogP contribution in [0.25, 0.3) is 0 Å². The lowest BCUT2D eigenvalue weighted by Gasteiger charge is -2.11. The molecule has 2 aromatic carbocycles. The van der Waals surface area contributed by atoms with E-state index >= 15 is 0 Å². The van der Waals surface area contributed by atoms with E-state index in [9.17, 15) is 13.2 Å². The first-order valence-electron chi connectivity index (χ1n) is 7.81. The molecular weight excluding hydrogens is 342 g/mol. The van der Waals surface area contributed by atoms with Gasteiger partial charge in [-0.15, -0.1) is 0 Å². The third kappa shape index (κ3) is 5.58. The van der Waals surface area contributed by atoms with E-state index in [-0.39, 0.29) is 23.1 Å². The molecule has 134 valence electrons. The van der Waals surface area contributed by atoms with Crippen molar-refractivity contribution in [2.45, 2.75) is 4.90 Å². The quantitative estimate of drug-likeness (QED) is 0.688. The predicted octanol–water partition coefficient (Wildman–Crippen LogP) is 1.92. The number of carbonyl (C=O) groups excluding carboxylic acids is 1. The summed E-state index contributed by atoms with van der Waals surface area (Å²) >= 11 is 0. The van der Waals surface area contributed by atoms with Crippen LogP contribution in [-0.2, 0) is 14.6 Å². The van der Waals surface area contributed by atoms with Crippen molar-refractivity contribution in [1.82, 2.24) is 5.32 Å². The minimum absolute atomic E-state index is 0.0163. The Bertz CT molecular complexity index is 790. The lowest BCUT2D eigenvalue weighted by Crippen LogP contribution is -2.29. The van der Waals surface area contributed by atoms with Gasteiger partial charge < -0.3 is 14.8 Å². The number of ether oxygens (including phenoxy) is 2. The largest absolute Gasteiger partial charge is 0.490 e. The number of sulfone groups is 1. The molecule has 0 aliphatic carbocycles. The van der Waals surface area contributed by atoms with Gasteiger partial charge in [-0.25, -0.2) is 8.42 Å². The van der Waals surface area contributed by atoms with E-state index < -0.39 is 9.84 Å². The van der Waals surface area contributed by atoms with Gasteiger partial charge in [0.1, 0.15) is 12.4 Å². The van der Waals surface area contributed by atoms with Crippen LogP contribution in [0.15, 0.2) is 59.5 Å². The molecule has 0 aliphatic rings. The lowest BCUT2D eigenvalue weighted by atomic mass is 10.2. The molecule has 6 nitrogen and oxygen atoms in total. The van der Waals surface area contributed by atoms with Crippen LogP contribution in [0.4, 0.5) is 0 Å². The van der Waals surface area contributed by atoms with Gasteiger partial charge >= 0.3 is 0 Å². The molecular formula is C18H21NO5S. The van der Waals surface area contributed by atoms with E-state index in [4.69, 9.17) is 9.47 Å². The molecule has 0 heterocycles. The van der Waals surface area contributed by atoms with Gasteiger partial charge in [-0.3, -0.25) is 4.79 Å². The van der Waals surface area contributed by atoms with Crippen LogP contribution < -0.4 is 10.1 Å². The lowest BCUT2D eigenvalue weighted by molar-refractivity contribution is 0.0948. The molecule has 0 aromatic heterocycles. The molecule has 0 saturated carbocycles. The van der Waals surface area contributed by atoms with Crippen molar-refractivity contribution in [3.8, 4) is 5.75 Å². The van der Waals surface area contributed by atoms with Crippen LogP contribution in [0.2, 0.25) is 0 Å². The second kappa shape index (κ2) is 9.19. The number of carbonyl (C=O) groups is 1. The van der Waals surface area contributed by atoms with E-state index in [2.05, 4.69) is 5.32 Å². The number of methoxy groups -OCH3 is 1. The van der Waals surface area contributed by atoms with Gasteiger partial charge in [-0.05, 0) is 24.3 Å². The maximum absolute atomic E-state index is 12.3. The fourth-order valence-electron chi connectivity index (χ4n) is 2.15. The molecule has 0 saturated heterocycles. The molecule has 0 spiro atoms. The van der Waals surface area contributed by atoms with Gasteiger partial charge in [0.25, 0.3) is 5.91 Å². The second-order valence-electron chi connectivity index (χ2n) is 5.23. The number of amides is 1. The summed E-state index contributed by atoms with van der Waals surface area (Å²) in [6.45, 7) is 0.747. The summed E-state index contributed by atoms with van der Waals surface area (Å²) in [6, 6.07) is 15.0. The first-order valence-corrected chi connectivity index (χ1v) is 9.46. The van der Waals surface area contributed by atoms with Crippen LogP contribution in [0.5, 0.6) is 5.75 Å². The Morgan fingerprint density at radius 1 is 1.00 bits per heavy atom. The minimum Gasteiger partial charge on any atom is -0.490 e. The molecule has 0 aliphatic heterocycles. The van der Waals surface area contributed by atoms with Gasteiger partial charge in [0.2, 0.25) is 0 Å². The first kappa shape index (κ1) is 19.0. The highest BCUT2D eigenvalue weighted by Crippen LogP contribution is 2.17. The number of hydrogen-bond acceptors (Lipinski definition) is 5. The molecule has 25 heavy (non-hydrogen) atoms. The topological polar surface area (TPSA) is 81.7 Å². The Labute approximate surface area is 147 Å². The van der Waals surface area contributed by atoms with Crippen LogP contribution in [0.3, 0.4) is 0 Å². The van der Waals surface area contributed by atoms with Gasteiger partial charge in [-0.1, -0.05) is 30.3 Å². The van der Waals surface area contributed by atoms with E-state index in [0.717, 1.165) is 0 Å². The third-order valence-electron chi connectivity index (χ3n) is 3.44. The number of rotatable bonds is 9. The standard InChI is InChI=1S/C18H21NO5S/c1-23-12-13-24-17-10-6-5-9-16(17)18(20)19-11-14-25(21,22)15-7-3-2-4-8-15/h2-10H,11-14H2,1H3,(H,19,20). The molecule has 0 radical (unpaired) electrons. The molecule has 0 bridgehead atoms. The minimum atomic E-state index is -3.43. The third-order valence-corrected chi connectivity index (χ3v) is 5.17. The second-order valence-corrected chi connectivity index (χ2v) is 7.33. The highest BCUT2D eigenvalue weighted by Gasteiger charge is 2.16. The summed E-state index contributed by atoms with van der Waals surface area (Å²) in [4.78, 5) is 12.5. The van der Waals surface area contributed by atoms with Gasteiger partial charge in [0, 0.05) is 13.7 Å². The molecule has 1 amide bonds. The number of para-hydroxylation sites is 1. The van der Waals surface area contributed by atoms with Gasteiger partial charge in [-0.2, -0.15) is 0 Å². The molecule has 0 fully saturated rings. The average molecular weight is 363 g/mol. The fraction of sp³-hybridized carbons (Fsp3) is 0.278. The zero-order valence-corrected chi connectivity index (χ0v) is 14.8. The van der Waals surface area contributed by atoms with Crippen LogP contribution in [0, 0.1) is 0 Å². The number of nitrogens with one attached hydrogen (secondary N) is 1. The highest BCUT2D eigenvalue weighted by atomic mass is 32.2. The highest BCUT2D eigenvalue weighted by molar-refractivity contribution is 7.91. The molecule has 0 unspecified atom stereocenters. The van der Waals surface area contributed by atoms with E-state index in [1.807, 2.05) is 0 Å². The summed E-state index contributed by atoms with van der Waals surface area (Å²) in [6.07, 6.45) is 0. The molecule has 0 atom stereocenters. The first-order chi connectivity index (χ1) is 12.0. The Morgan fingerprint density at radius 2 is 1.68 bits per heavy atom. The Balaban J connectivity index is 1.95. The Morgan fingerprint density at radius 3 is 2.40 bits per heavy atom. The smallest absolute Gasteiger partial charge is 0.255 e. The predicted molar refractivity (Wildman–Crippen MR) is 94.6 cm³/mol. The summed E-state index contributed by atoms with van der Waals surface area (Å²) < 4.78 is 34.8. The number of benzene rings is 2. The Hall–Kier alpha value is -2.38. The summed E-state index contributed by atoms with van der Waals surface area (Å²) in [7, 11) is -1.86. The maximum Gasteiger partial charge on any atom is 0.255 e. The van der Waals surface area contributed by atoms with Crippen LogP contribution in [0.1, 0.15) is 10.4 Å². The van der Waals surface area contributed by atoms with Crippen molar-refractivity contribution < 1.29 is 22.7 Å². The van der Waals surface area contributed by atoms with Crippen molar-refractivity contribution >= 4 is 15.7 Å². The maximum atomic E-state index is 12.3. The average Bonchev–Trinajstić information content (AvgIpc) is 2.63. The monoisotopic (exact) mass is 363 g/mol. The van der Waals surface area contributed by atoms with Crippen LogP contribution >= 0.6 is 0 Å².